The highest BCUT2D eigenvalue weighted by atomic mass is 16.2. The SMILES string of the molecule is O=C(NC1CCCCC1)N1CCC(Cn2ccnc2)CC1. The van der Waals surface area contributed by atoms with Gasteiger partial charge in [-0.1, -0.05) is 19.3 Å². The van der Waals surface area contributed by atoms with E-state index in [9.17, 15) is 4.79 Å². The van der Waals surface area contributed by atoms with Gasteiger partial charge >= 0.3 is 6.03 Å². The first-order valence-electron chi connectivity index (χ1n) is 8.32. The lowest BCUT2D eigenvalue weighted by atomic mass is 9.95. The lowest BCUT2D eigenvalue weighted by Crippen LogP contribution is -2.48. The third kappa shape index (κ3) is 3.99. The summed E-state index contributed by atoms with van der Waals surface area (Å²) in [5, 5.41) is 3.22. The molecule has 1 aliphatic heterocycles. The number of rotatable bonds is 3. The molecule has 2 fully saturated rings. The van der Waals surface area contributed by atoms with Crippen molar-refractivity contribution in [2.75, 3.05) is 13.1 Å². The minimum atomic E-state index is 0.156. The largest absolute Gasteiger partial charge is 0.337 e. The van der Waals surface area contributed by atoms with Gasteiger partial charge in [0.15, 0.2) is 0 Å². The number of hydrogen-bond donors (Lipinski definition) is 1. The Morgan fingerprint density at radius 2 is 1.90 bits per heavy atom. The van der Waals surface area contributed by atoms with Gasteiger partial charge < -0.3 is 14.8 Å². The molecule has 0 atom stereocenters. The van der Waals surface area contributed by atoms with Crippen LogP contribution in [-0.2, 0) is 6.54 Å². The van der Waals surface area contributed by atoms with Crippen LogP contribution < -0.4 is 5.32 Å². The van der Waals surface area contributed by atoms with Gasteiger partial charge in [-0.15, -0.1) is 0 Å². The van der Waals surface area contributed by atoms with E-state index in [1.807, 2.05) is 23.6 Å². The zero-order chi connectivity index (χ0) is 14.5. The fraction of sp³-hybridized carbons (Fsp3) is 0.750. The van der Waals surface area contributed by atoms with Crippen LogP contribution in [0.5, 0.6) is 0 Å². The second-order valence-electron chi connectivity index (χ2n) is 6.47. The zero-order valence-electron chi connectivity index (χ0n) is 12.7. The van der Waals surface area contributed by atoms with Crippen molar-refractivity contribution in [3.8, 4) is 0 Å². The number of urea groups is 1. The number of amides is 2. The first kappa shape index (κ1) is 14.4. The Kier molecular flexibility index (Phi) is 4.78. The Morgan fingerprint density at radius 1 is 1.14 bits per heavy atom. The molecule has 0 aromatic carbocycles. The first-order valence-corrected chi connectivity index (χ1v) is 8.32. The van der Waals surface area contributed by atoms with Crippen molar-refractivity contribution in [2.24, 2.45) is 5.92 Å². The Bertz CT molecular complexity index is 431. The summed E-state index contributed by atoms with van der Waals surface area (Å²) in [7, 11) is 0. The van der Waals surface area contributed by atoms with Crippen molar-refractivity contribution in [1.29, 1.82) is 0 Å². The van der Waals surface area contributed by atoms with Gasteiger partial charge in [0, 0.05) is 38.1 Å². The predicted octanol–water partition coefficient (Wildman–Crippen LogP) is 2.64. The highest BCUT2D eigenvalue weighted by molar-refractivity contribution is 5.74. The van der Waals surface area contributed by atoms with E-state index in [2.05, 4.69) is 14.9 Å². The summed E-state index contributed by atoms with van der Waals surface area (Å²) >= 11 is 0. The maximum atomic E-state index is 12.3. The van der Waals surface area contributed by atoms with Crippen LogP contribution in [-0.4, -0.2) is 39.6 Å². The summed E-state index contributed by atoms with van der Waals surface area (Å²) in [4.78, 5) is 18.4. The van der Waals surface area contributed by atoms with E-state index >= 15 is 0 Å². The summed E-state index contributed by atoms with van der Waals surface area (Å²) in [5.41, 5.74) is 0. The Labute approximate surface area is 126 Å². The number of likely N-dealkylation sites (tertiary alicyclic amines) is 1. The van der Waals surface area contributed by atoms with Crippen LogP contribution in [0.1, 0.15) is 44.9 Å². The van der Waals surface area contributed by atoms with E-state index in [1.165, 1.54) is 19.3 Å². The molecule has 1 saturated carbocycles. The smallest absolute Gasteiger partial charge is 0.317 e. The van der Waals surface area contributed by atoms with E-state index in [1.54, 1.807) is 0 Å². The second kappa shape index (κ2) is 6.96. The molecule has 0 bridgehead atoms. The molecule has 2 aliphatic rings. The van der Waals surface area contributed by atoms with Crippen molar-refractivity contribution in [2.45, 2.75) is 57.5 Å². The van der Waals surface area contributed by atoms with Crippen LogP contribution in [0.2, 0.25) is 0 Å². The van der Waals surface area contributed by atoms with E-state index in [0.29, 0.717) is 12.0 Å². The molecule has 1 aromatic heterocycles. The van der Waals surface area contributed by atoms with Gasteiger partial charge in [-0.05, 0) is 31.6 Å². The van der Waals surface area contributed by atoms with Gasteiger partial charge in [-0.3, -0.25) is 0 Å². The Balaban J connectivity index is 1.41. The van der Waals surface area contributed by atoms with Gasteiger partial charge in [-0.25, -0.2) is 9.78 Å². The monoisotopic (exact) mass is 290 g/mol. The highest BCUT2D eigenvalue weighted by Crippen LogP contribution is 2.21. The molecule has 1 aliphatic carbocycles. The number of piperidine rings is 1. The average molecular weight is 290 g/mol. The Hall–Kier alpha value is -1.52. The van der Waals surface area contributed by atoms with Crippen LogP contribution in [0.4, 0.5) is 4.79 Å². The van der Waals surface area contributed by atoms with E-state index in [0.717, 1.165) is 45.3 Å². The van der Waals surface area contributed by atoms with E-state index in [4.69, 9.17) is 0 Å². The number of imidazole rings is 1. The van der Waals surface area contributed by atoms with Gasteiger partial charge in [0.2, 0.25) is 0 Å². The second-order valence-corrected chi connectivity index (χ2v) is 6.47. The number of aromatic nitrogens is 2. The van der Waals surface area contributed by atoms with E-state index < -0.39 is 0 Å². The summed E-state index contributed by atoms with van der Waals surface area (Å²) in [5.74, 6) is 0.665. The maximum absolute atomic E-state index is 12.3. The predicted molar refractivity (Wildman–Crippen MR) is 81.9 cm³/mol. The number of carbonyl (C=O) groups excluding carboxylic acids is 1. The molecule has 5 nitrogen and oxygen atoms in total. The van der Waals surface area contributed by atoms with Crippen LogP contribution in [0.15, 0.2) is 18.7 Å². The molecule has 3 rings (SSSR count). The maximum Gasteiger partial charge on any atom is 0.317 e. The van der Waals surface area contributed by atoms with Crippen molar-refractivity contribution < 1.29 is 4.79 Å². The number of carbonyl (C=O) groups is 1. The van der Waals surface area contributed by atoms with Crippen LogP contribution in [0.25, 0.3) is 0 Å². The molecule has 0 radical (unpaired) electrons. The molecular weight excluding hydrogens is 264 g/mol. The fourth-order valence-corrected chi connectivity index (χ4v) is 3.52. The third-order valence-corrected chi connectivity index (χ3v) is 4.86. The molecule has 0 unspecified atom stereocenters. The molecule has 116 valence electrons. The zero-order valence-corrected chi connectivity index (χ0v) is 12.7. The standard InChI is InChI=1S/C16H26N4O/c21-16(18-15-4-2-1-3-5-15)20-9-6-14(7-10-20)12-19-11-8-17-13-19/h8,11,13-15H,1-7,9-10,12H2,(H,18,21). The third-order valence-electron chi connectivity index (χ3n) is 4.86. The van der Waals surface area contributed by atoms with Crippen LogP contribution >= 0.6 is 0 Å². The Morgan fingerprint density at radius 3 is 2.57 bits per heavy atom. The molecule has 0 spiro atoms. The van der Waals surface area contributed by atoms with Gasteiger partial charge in [0.05, 0.1) is 6.33 Å². The van der Waals surface area contributed by atoms with E-state index in [-0.39, 0.29) is 6.03 Å². The van der Waals surface area contributed by atoms with Gasteiger partial charge in [0.1, 0.15) is 0 Å². The minimum Gasteiger partial charge on any atom is -0.337 e. The van der Waals surface area contributed by atoms with Crippen molar-refractivity contribution in [3.05, 3.63) is 18.7 Å². The molecule has 5 heteroatoms. The molecule has 21 heavy (non-hydrogen) atoms. The normalized spacial score (nSPS) is 21.4. The van der Waals surface area contributed by atoms with Crippen molar-refractivity contribution >= 4 is 6.03 Å². The van der Waals surface area contributed by atoms with Gasteiger partial charge in [-0.2, -0.15) is 0 Å². The number of hydrogen-bond acceptors (Lipinski definition) is 2. The molecule has 2 amide bonds. The summed E-state index contributed by atoms with van der Waals surface area (Å²) in [6.45, 7) is 2.80. The summed E-state index contributed by atoms with van der Waals surface area (Å²) in [6.07, 6.45) is 14.1. The number of nitrogens with zero attached hydrogens (tertiary/aromatic N) is 3. The minimum absolute atomic E-state index is 0.156. The van der Waals surface area contributed by atoms with Gasteiger partial charge in [0.25, 0.3) is 0 Å². The van der Waals surface area contributed by atoms with Crippen molar-refractivity contribution in [3.63, 3.8) is 0 Å². The quantitative estimate of drug-likeness (QED) is 0.930. The fourth-order valence-electron chi connectivity index (χ4n) is 3.52. The topological polar surface area (TPSA) is 50.2 Å². The lowest BCUT2D eigenvalue weighted by molar-refractivity contribution is 0.160. The van der Waals surface area contributed by atoms with Crippen molar-refractivity contribution in [1.82, 2.24) is 19.8 Å². The highest BCUT2D eigenvalue weighted by Gasteiger charge is 2.25. The summed E-state index contributed by atoms with van der Waals surface area (Å²) < 4.78 is 2.14. The molecule has 1 aromatic rings. The molecule has 2 heterocycles. The lowest BCUT2D eigenvalue weighted by Gasteiger charge is -2.34. The first-order chi connectivity index (χ1) is 10.3. The summed E-state index contributed by atoms with van der Waals surface area (Å²) in [6, 6.07) is 0.568. The molecular formula is C16H26N4O. The molecule has 1 saturated heterocycles. The molecule has 1 N–H and O–H groups in total. The van der Waals surface area contributed by atoms with Crippen LogP contribution in [0, 0.1) is 5.92 Å². The number of nitrogens with one attached hydrogen (secondary N) is 1. The average Bonchev–Trinajstić information content (AvgIpc) is 3.02. The van der Waals surface area contributed by atoms with Crippen LogP contribution in [0.3, 0.4) is 0 Å².